The van der Waals surface area contributed by atoms with Crippen LogP contribution in [0.5, 0.6) is 0 Å². The van der Waals surface area contributed by atoms with E-state index in [2.05, 4.69) is 11.4 Å². The maximum atomic E-state index is 13.6. The van der Waals surface area contributed by atoms with E-state index in [1.54, 1.807) is 29.5 Å². The summed E-state index contributed by atoms with van der Waals surface area (Å²) in [6, 6.07) is 10.4. The number of halogens is 1. The van der Waals surface area contributed by atoms with E-state index in [4.69, 9.17) is 0 Å². The molecular formula is C16H17FN2OS. The first-order chi connectivity index (χ1) is 10.2. The number of carbonyl (C=O) groups is 1. The second-order valence-electron chi connectivity index (χ2n) is 5.16. The number of urea groups is 1. The van der Waals surface area contributed by atoms with Crippen LogP contribution < -0.4 is 5.32 Å². The standard InChI is InChI=1S/C16H17FN2OS/c17-14-5-1-2-6-15(14)18-16(20)19(12-7-8-12)10-9-13-4-3-11-21-13/h1-6,11-12H,7-10H2,(H,18,20). The summed E-state index contributed by atoms with van der Waals surface area (Å²) in [4.78, 5) is 15.4. The molecule has 0 unspecified atom stereocenters. The van der Waals surface area contributed by atoms with Crippen molar-refractivity contribution in [1.29, 1.82) is 0 Å². The van der Waals surface area contributed by atoms with E-state index in [0.717, 1.165) is 19.3 Å². The predicted molar refractivity (Wildman–Crippen MR) is 83.2 cm³/mol. The van der Waals surface area contributed by atoms with E-state index in [1.165, 1.54) is 10.9 Å². The molecule has 110 valence electrons. The van der Waals surface area contributed by atoms with Crippen molar-refractivity contribution in [2.45, 2.75) is 25.3 Å². The number of anilines is 1. The van der Waals surface area contributed by atoms with E-state index < -0.39 is 5.82 Å². The molecule has 1 aliphatic carbocycles. The molecule has 1 N–H and O–H groups in total. The number of para-hydroxylation sites is 1. The Morgan fingerprint density at radius 3 is 2.76 bits per heavy atom. The van der Waals surface area contributed by atoms with Gasteiger partial charge in [0.25, 0.3) is 0 Å². The first-order valence-electron chi connectivity index (χ1n) is 7.08. The lowest BCUT2D eigenvalue weighted by Gasteiger charge is -2.22. The average Bonchev–Trinajstić information content (AvgIpc) is 3.17. The van der Waals surface area contributed by atoms with Crippen LogP contribution >= 0.6 is 11.3 Å². The first-order valence-corrected chi connectivity index (χ1v) is 7.96. The highest BCUT2D eigenvalue weighted by molar-refractivity contribution is 7.09. The largest absolute Gasteiger partial charge is 0.322 e. The topological polar surface area (TPSA) is 32.3 Å². The van der Waals surface area contributed by atoms with Gasteiger partial charge in [-0.05, 0) is 42.8 Å². The summed E-state index contributed by atoms with van der Waals surface area (Å²) >= 11 is 1.70. The Balaban J connectivity index is 1.63. The minimum absolute atomic E-state index is 0.209. The number of amides is 2. The third kappa shape index (κ3) is 3.61. The molecule has 0 spiro atoms. The van der Waals surface area contributed by atoms with Crippen LogP contribution in [0.1, 0.15) is 17.7 Å². The van der Waals surface area contributed by atoms with Crippen LogP contribution in [0, 0.1) is 5.82 Å². The summed E-state index contributed by atoms with van der Waals surface area (Å²) in [5, 5.41) is 4.72. The Morgan fingerprint density at radius 1 is 1.29 bits per heavy atom. The summed E-state index contributed by atoms with van der Waals surface area (Å²) in [6.45, 7) is 0.672. The van der Waals surface area contributed by atoms with Crippen molar-refractivity contribution in [2.75, 3.05) is 11.9 Å². The number of thiophene rings is 1. The molecule has 0 bridgehead atoms. The Labute approximate surface area is 127 Å². The van der Waals surface area contributed by atoms with Gasteiger partial charge in [-0.3, -0.25) is 0 Å². The van der Waals surface area contributed by atoms with Gasteiger partial charge in [0.1, 0.15) is 5.82 Å². The smallest absolute Gasteiger partial charge is 0.321 e. The van der Waals surface area contributed by atoms with Gasteiger partial charge in [-0.15, -0.1) is 11.3 Å². The maximum Gasteiger partial charge on any atom is 0.322 e. The van der Waals surface area contributed by atoms with E-state index >= 15 is 0 Å². The third-order valence-corrected chi connectivity index (χ3v) is 4.48. The third-order valence-electron chi connectivity index (χ3n) is 3.54. The lowest BCUT2D eigenvalue weighted by Crippen LogP contribution is -2.38. The molecule has 2 aromatic rings. The van der Waals surface area contributed by atoms with Crippen molar-refractivity contribution in [2.24, 2.45) is 0 Å². The van der Waals surface area contributed by atoms with Crippen LogP contribution in [-0.2, 0) is 6.42 Å². The monoisotopic (exact) mass is 304 g/mol. The zero-order chi connectivity index (χ0) is 14.7. The maximum absolute atomic E-state index is 13.6. The number of rotatable bonds is 5. The summed E-state index contributed by atoms with van der Waals surface area (Å²) in [5.74, 6) is -0.403. The van der Waals surface area contributed by atoms with Crippen molar-refractivity contribution < 1.29 is 9.18 Å². The molecule has 0 radical (unpaired) electrons. The Bertz CT molecular complexity index is 610. The van der Waals surface area contributed by atoms with Gasteiger partial charge in [0, 0.05) is 17.5 Å². The zero-order valence-electron chi connectivity index (χ0n) is 11.6. The molecule has 5 heteroatoms. The highest BCUT2D eigenvalue weighted by Crippen LogP contribution is 2.28. The SMILES string of the molecule is O=C(Nc1ccccc1F)N(CCc1cccs1)C1CC1. The van der Waals surface area contributed by atoms with Crippen molar-refractivity contribution >= 4 is 23.1 Å². The molecule has 3 nitrogen and oxygen atoms in total. The zero-order valence-corrected chi connectivity index (χ0v) is 12.4. The lowest BCUT2D eigenvalue weighted by atomic mass is 10.3. The molecule has 1 fully saturated rings. The second-order valence-corrected chi connectivity index (χ2v) is 6.20. The molecule has 21 heavy (non-hydrogen) atoms. The molecule has 0 atom stereocenters. The van der Waals surface area contributed by atoms with Crippen LogP contribution in [0.4, 0.5) is 14.9 Å². The highest BCUT2D eigenvalue weighted by atomic mass is 32.1. The fourth-order valence-corrected chi connectivity index (χ4v) is 2.97. The lowest BCUT2D eigenvalue weighted by molar-refractivity contribution is 0.209. The second kappa shape index (κ2) is 6.26. The molecule has 3 rings (SSSR count). The van der Waals surface area contributed by atoms with Gasteiger partial charge in [0.15, 0.2) is 0 Å². The molecule has 1 aromatic carbocycles. The highest BCUT2D eigenvalue weighted by Gasteiger charge is 2.32. The average molecular weight is 304 g/mol. The van der Waals surface area contributed by atoms with Gasteiger partial charge in [0.2, 0.25) is 0 Å². The molecule has 1 aliphatic rings. The quantitative estimate of drug-likeness (QED) is 0.885. The Morgan fingerprint density at radius 2 is 2.10 bits per heavy atom. The molecule has 0 aliphatic heterocycles. The van der Waals surface area contributed by atoms with Crippen molar-refractivity contribution in [3.63, 3.8) is 0 Å². The van der Waals surface area contributed by atoms with Gasteiger partial charge in [0.05, 0.1) is 5.69 Å². The number of hydrogen-bond acceptors (Lipinski definition) is 2. The molecule has 1 heterocycles. The van der Waals surface area contributed by atoms with E-state index in [1.807, 2.05) is 16.3 Å². The van der Waals surface area contributed by atoms with Gasteiger partial charge < -0.3 is 10.2 Å². The van der Waals surface area contributed by atoms with Crippen molar-refractivity contribution in [3.05, 3.63) is 52.5 Å². The fourth-order valence-electron chi connectivity index (χ4n) is 2.27. The van der Waals surface area contributed by atoms with E-state index in [0.29, 0.717) is 12.6 Å². The van der Waals surface area contributed by atoms with Crippen molar-refractivity contribution in [3.8, 4) is 0 Å². The van der Waals surface area contributed by atoms with E-state index in [-0.39, 0.29) is 11.7 Å². The van der Waals surface area contributed by atoms with Crippen LogP contribution in [0.3, 0.4) is 0 Å². The van der Waals surface area contributed by atoms with Crippen LogP contribution in [0.25, 0.3) is 0 Å². The molecule has 1 aromatic heterocycles. The summed E-state index contributed by atoms with van der Waals surface area (Å²) in [7, 11) is 0. The Hall–Kier alpha value is -1.88. The number of hydrogen-bond donors (Lipinski definition) is 1. The number of nitrogens with one attached hydrogen (secondary N) is 1. The molecule has 1 saturated carbocycles. The number of carbonyl (C=O) groups excluding carboxylic acids is 1. The van der Waals surface area contributed by atoms with E-state index in [9.17, 15) is 9.18 Å². The summed E-state index contributed by atoms with van der Waals surface area (Å²) < 4.78 is 13.6. The normalized spacial score (nSPS) is 14.0. The van der Waals surface area contributed by atoms with Gasteiger partial charge in [-0.1, -0.05) is 18.2 Å². The van der Waals surface area contributed by atoms with Crippen LogP contribution in [0.15, 0.2) is 41.8 Å². The predicted octanol–water partition coefficient (Wildman–Crippen LogP) is 4.13. The van der Waals surface area contributed by atoms with Crippen molar-refractivity contribution in [1.82, 2.24) is 4.90 Å². The van der Waals surface area contributed by atoms with Gasteiger partial charge in [-0.2, -0.15) is 0 Å². The number of benzene rings is 1. The van der Waals surface area contributed by atoms with Gasteiger partial charge in [-0.25, -0.2) is 9.18 Å². The summed E-state index contributed by atoms with van der Waals surface area (Å²) in [5.41, 5.74) is 0.240. The summed E-state index contributed by atoms with van der Waals surface area (Å²) in [6.07, 6.45) is 2.92. The minimum atomic E-state index is -0.403. The fraction of sp³-hybridized carbons (Fsp3) is 0.312. The van der Waals surface area contributed by atoms with Gasteiger partial charge >= 0.3 is 6.03 Å². The molecule has 2 amide bonds. The molecule has 0 saturated heterocycles. The first kappa shape index (κ1) is 14.1. The molecular weight excluding hydrogens is 287 g/mol. The minimum Gasteiger partial charge on any atom is -0.321 e. The number of nitrogens with zero attached hydrogens (tertiary/aromatic N) is 1. The Kier molecular flexibility index (Phi) is 4.20. The van der Waals surface area contributed by atoms with Crippen LogP contribution in [0.2, 0.25) is 0 Å². The van der Waals surface area contributed by atoms with Crippen LogP contribution in [-0.4, -0.2) is 23.5 Å².